The molecule has 1 aromatic rings. The molecule has 0 radical (unpaired) electrons. The molecule has 1 rings (SSSR count). The van der Waals surface area contributed by atoms with E-state index in [2.05, 4.69) is 15.9 Å². The van der Waals surface area contributed by atoms with Crippen LogP contribution in [0.25, 0.3) is 0 Å². The molecule has 0 spiro atoms. The molecule has 3 N–H and O–H groups in total. The second-order valence-electron chi connectivity index (χ2n) is 2.54. The Morgan fingerprint density at radius 3 is 2.77 bits per heavy atom. The van der Waals surface area contributed by atoms with E-state index in [4.69, 9.17) is 22.4 Å². The minimum Gasteiger partial charge on any atom is -0.481 e. The first-order valence-electron chi connectivity index (χ1n) is 3.46. The van der Waals surface area contributed by atoms with Crippen LogP contribution >= 0.6 is 27.5 Å². The van der Waals surface area contributed by atoms with Crippen LogP contribution in [0.15, 0.2) is 16.6 Å². The summed E-state index contributed by atoms with van der Waals surface area (Å²) in [4.78, 5) is 10.4. The van der Waals surface area contributed by atoms with E-state index in [1.807, 2.05) is 0 Å². The van der Waals surface area contributed by atoms with Gasteiger partial charge < -0.3 is 10.8 Å². The molecule has 0 heterocycles. The third-order valence-electron chi connectivity index (χ3n) is 1.48. The van der Waals surface area contributed by atoms with Crippen molar-refractivity contribution in [3.05, 3.63) is 27.2 Å². The van der Waals surface area contributed by atoms with E-state index in [-0.39, 0.29) is 6.42 Å². The highest BCUT2D eigenvalue weighted by Crippen LogP contribution is 2.28. The van der Waals surface area contributed by atoms with Gasteiger partial charge in [-0.25, -0.2) is 0 Å². The van der Waals surface area contributed by atoms with Crippen LogP contribution in [-0.2, 0) is 11.2 Å². The van der Waals surface area contributed by atoms with Gasteiger partial charge in [0.25, 0.3) is 0 Å². The van der Waals surface area contributed by atoms with Crippen LogP contribution in [0.1, 0.15) is 5.56 Å². The molecular weight excluding hydrogens is 257 g/mol. The lowest BCUT2D eigenvalue weighted by atomic mass is 10.1. The standard InChI is InChI=1S/C8H7BrClNO2/c9-8-4(2-7(12)13)1-5(10)3-6(8)11/h1,3H,2,11H2,(H,12,13). The van der Waals surface area contributed by atoms with Gasteiger partial charge in [0.15, 0.2) is 0 Å². The number of nitrogens with two attached hydrogens (primary N) is 1. The van der Waals surface area contributed by atoms with Crippen LogP contribution in [-0.4, -0.2) is 11.1 Å². The Morgan fingerprint density at radius 2 is 2.23 bits per heavy atom. The van der Waals surface area contributed by atoms with Crippen molar-refractivity contribution in [3.8, 4) is 0 Å². The molecule has 0 aromatic heterocycles. The highest BCUT2D eigenvalue weighted by molar-refractivity contribution is 9.10. The minimum absolute atomic E-state index is 0.0919. The summed E-state index contributed by atoms with van der Waals surface area (Å²) < 4.78 is 0.597. The molecule has 0 atom stereocenters. The second-order valence-corrected chi connectivity index (χ2v) is 3.77. The number of rotatable bonds is 2. The van der Waals surface area contributed by atoms with Gasteiger partial charge in [0.2, 0.25) is 0 Å². The zero-order valence-corrected chi connectivity index (χ0v) is 8.89. The zero-order chi connectivity index (χ0) is 10.0. The van der Waals surface area contributed by atoms with E-state index < -0.39 is 5.97 Å². The summed E-state index contributed by atoms with van der Waals surface area (Å²) >= 11 is 8.91. The molecular formula is C8H7BrClNO2. The second kappa shape index (κ2) is 3.98. The molecule has 0 aliphatic heterocycles. The largest absolute Gasteiger partial charge is 0.481 e. The lowest BCUT2D eigenvalue weighted by Gasteiger charge is -2.05. The minimum atomic E-state index is -0.914. The van der Waals surface area contributed by atoms with Gasteiger partial charge in [0.1, 0.15) is 0 Å². The third-order valence-corrected chi connectivity index (χ3v) is 2.67. The van der Waals surface area contributed by atoms with Crippen molar-refractivity contribution in [2.24, 2.45) is 0 Å². The number of carboxylic acid groups (broad SMARTS) is 1. The van der Waals surface area contributed by atoms with Crippen molar-refractivity contribution >= 4 is 39.2 Å². The maximum Gasteiger partial charge on any atom is 0.307 e. The van der Waals surface area contributed by atoms with Crippen molar-refractivity contribution in [3.63, 3.8) is 0 Å². The number of carboxylic acids is 1. The van der Waals surface area contributed by atoms with Gasteiger partial charge in [0, 0.05) is 15.2 Å². The molecule has 13 heavy (non-hydrogen) atoms. The van der Waals surface area contributed by atoms with Gasteiger partial charge in [0.05, 0.1) is 6.42 Å². The molecule has 0 saturated heterocycles. The van der Waals surface area contributed by atoms with Crippen LogP contribution in [0.2, 0.25) is 5.02 Å². The Hall–Kier alpha value is -0.740. The monoisotopic (exact) mass is 263 g/mol. The molecule has 0 amide bonds. The molecule has 70 valence electrons. The molecule has 0 fully saturated rings. The van der Waals surface area contributed by atoms with Crippen LogP contribution in [0, 0.1) is 0 Å². The van der Waals surface area contributed by atoms with Crippen molar-refractivity contribution in [1.29, 1.82) is 0 Å². The summed E-state index contributed by atoms with van der Waals surface area (Å²) in [5.41, 5.74) is 6.60. The predicted molar refractivity (Wildman–Crippen MR) is 54.9 cm³/mol. The smallest absolute Gasteiger partial charge is 0.307 e. The third kappa shape index (κ3) is 2.60. The van der Waals surface area contributed by atoms with Gasteiger partial charge in [-0.05, 0) is 33.6 Å². The highest BCUT2D eigenvalue weighted by atomic mass is 79.9. The van der Waals surface area contributed by atoms with E-state index in [0.717, 1.165) is 0 Å². The molecule has 0 aliphatic carbocycles. The van der Waals surface area contributed by atoms with Crippen molar-refractivity contribution in [2.45, 2.75) is 6.42 Å². The van der Waals surface area contributed by atoms with E-state index in [1.54, 1.807) is 12.1 Å². The van der Waals surface area contributed by atoms with Crippen molar-refractivity contribution in [1.82, 2.24) is 0 Å². The van der Waals surface area contributed by atoms with Gasteiger partial charge in [-0.2, -0.15) is 0 Å². The van der Waals surface area contributed by atoms with E-state index in [0.29, 0.717) is 20.7 Å². The summed E-state index contributed by atoms with van der Waals surface area (Å²) in [5, 5.41) is 9.01. The molecule has 1 aromatic carbocycles. The summed E-state index contributed by atoms with van der Waals surface area (Å²) in [7, 11) is 0. The summed E-state index contributed by atoms with van der Waals surface area (Å²) in [6.45, 7) is 0. The van der Waals surface area contributed by atoms with Crippen LogP contribution < -0.4 is 5.73 Å². The summed E-state index contributed by atoms with van der Waals surface area (Å²) in [5.74, 6) is -0.914. The van der Waals surface area contributed by atoms with Crippen LogP contribution in [0.4, 0.5) is 5.69 Å². The topological polar surface area (TPSA) is 63.3 Å². The van der Waals surface area contributed by atoms with E-state index in [1.165, 1.54) is 0 Å². The number of hydrogen-bond donors (Lipinski definition) is 2. The highest BCUT2D eigenvalue weighted by Gasteiger charge is 2.08. The van der Waals surface area contributed by atoms with E-state index in [9.17, 15) is 4.79 Å². The fourth-order valence-corrected chi connectivity index (χ4v) is 1.58. The summed E-state index contributed by atoms with van der Waals surface area (Å²) in [6.07, 6.45) is -0.0919. The number of anilines is 1. The normalized spacial score (nSPS) is 10.0. The van der Waals surface area contributed by atoms with Crippen molar-refractivity contribution < 1.29 is 9.90 Å². The number of aliphatic carboxylic acids is 1. The lowest BCUT2D eigenvalue weighted by molar-refractivity contribution is -0.136. The molecule has 0 bridgehead atoms. The lowest BCUT2D eigenvalue weighted by Crippen LogP contribution is -2.02. The SMILES string of the molecule is Nc1cc(Cl)cc(CC(=O)O)c1Br. The Morgan fingerprint density at radius 1 is 1.62 bits per heavy atom. The number of benzene rings is 1. The molecule has 5 heteroatoms. The van der Waals surface area contributed by atoms with Gasteiger partial charge in [-0.15, -0.1) is 0 Å². The first kappa shape index (κ1) is 10.3. The average Bonchev–Trinajstić information content (AvgIpc) is 1.98. The number of nitrogen functional groups attached to an aromatic ring is 1. The Labute approximate surface area is 88.6 Å². The number of hydrogen-bond acceptors (Lipinski definition) is 2. The van der Waals surface area contributed by atoms with Gasteiger partial charge in [-0.3, -0.25) is 4.79 Å². The molecule has 3 nitrogen and oxygen atoms in total. The average molecular weight is 265 g/mol. The Balaban J connectivity index is 3.12. The molecule has 0 unspecified atom stereocenters. The Bertz CT molecular complexity index is 354. The fraction of sp³-hybridized carbons (Fsp3) is 0.125. The van der Waals surface area contributed by atoms with E-state index >= 15 is 0 Å². The fourth-order valence-electron chi connectivity index (χ4n) is 0.960. The zero-order valence-electron chi connectivity index (χ0n) is 6.55. The number of carbonyl (C=O) groups is 1. The van der Waals surface area contributed by atoms with Gasteiger partial charge in [-0.1, -0.05) is 11.6 Å². The number of halogens is 2. The molecule has 0 saturated carbocycles. The van der Waals surface area contributed by atoms with Crippen molar-refractivity contribution in [2.75, 3.05) is 5.73 Å². The maximum atomic E-state index is 10.4. The predicted octanol–water partition coefficient (Wildman–Crippen LogP) is 2.31. The summed E-state index contributed by atoms with van der Waals surface area (Å²) in [6, 6.07) is 3.15. The van der Waals surface area contributed by atoms with Gasteiger partial charge >= 0.3 is 5.97 Å². The molecule has 0 aliphatic rings. The first-order chi connectivity index (χ1) is 6.00. The maximum absolute atomic E-state index is 10.4. The van der Waals surface area contributed by atoms with Crippen LogP contribution in [0.3, 0.4) is 0 Å². The Kier molecular flexibility index (Phi) is 3.17. The van der Waals surface area contributed by atoms with Crippen LogP contribution in [0.5, 0.6) is 0 Å². The first-order valence-corrected chi connectivity index (χ1v) is 4.63. The quantitative estimate of drug-likeness (QED) is 0.806.